The van der Waals surface area contributed by atoms with Crippen LogP contribution in [0.4, 0.5) is 5.69 Å². The molecule has 22 heavy (non-hydrogen) atoms. The number of hydrogen-bond acceptors (Lipinski definition) is 4. The number of sulfonamides is 1. The first-order chi connectivity index (χ1) is 9.93. The average molecular weight is 345 g/mol. The number of carbonyl (C=O) groups excluding carboxylic acids is 1. The van der Waals surface area contributed by atoms with Gasteiger partial charge < -0.3 is 5.32 Å². The standard InChI is InChI=1S/C15H24N2O3S2/c1-11-7-8-12(22(19,20)17(5)6)9-13(11)16-14(18)10-21-15(2,3)4/h7-9H,10H2,1-6H3,(H,16,18). The monoisotopic (exact) mass is 344 g/mol. The van der Waals surface area contributed by atoms with Gasteiger partial charge in [-0.2, -0.15) is 0 Å². The molecule has 1 amide bonds. The van der Waals surface area contributed by atoms with E-state index < -0.39 is 10.0 Å². The predicted octanol–water partition coefficient (Wildman–Crippen LogP) is 2.72. The summed E-state index contributed by atoms with van der Waals surface area (Å²) in [6.45, 7) is 7.96. The van der Waals surface area contributed by atoms with Gasteiger partial charge in [0, 0.05) is 24.5 Å². The van der Waals surface area contributed by atoms with Crippen molar-refractivity contribution in [1.82, 2.24) is 4.31 Å². The van der Waals surface area contributed by atoms with Crippen molar-refractivity contribution in [2.24, 2.45) is 0 Å². The number of nitrogens with zero attached hydrogens (tertiary/aromatic N) is 1. The second-order valence-electron chi connectivity index (χ2n) is 6.21. The number of aryl methyl sites for hydroxylation is 1. The van der Waals surface area contributed by atoms with E-state index in [1.165, 1.54) is 20.2 Å². The maximum atomic E-state index is 12.1. The van der Waals surface area contributed by atoms with Crippen LogP contribution in [0.15, 0.2) is 23.1 Å². The quantitative estimate of drug-likeness (QED) is 0.892. The largest absolute Gasteiger partial charge is 0.325 e. The highest BCUT2D eigenvalue weighted by Gasteiger charge is 2.19. The van der Waals surface area contributed by atoms with Gasteiger partial charge in [-0.15, -0.1) is 11.8 Å². The maximum absolute atomic E-state index is 12.1. The Kier molecular flexibility index (Phi) is 6.06. The van der Waals surface area contributed by atoms with E-state index in [-0.39, 0.29) is 15.5 Å². The van der Waals surface area contributed by atoms with Crippen LogP contribution in [-0.2, 0) is 14.8 Å². The minimum Gasteiger partial charge on any atom is -0.325 e. The smallest absolute Gasteiger partial charge is 0.242 e. The minimum atomic E-state index is -3.51. The lowest BCUT2D eigenvalue weighted by Gasteiger charge is -2.18. The van der Waals surface area contributed by atoms with Crippen molar-refractivity contribution in [3.8, 4) is 0 Å². The molecule has 0 radical (unpaired) electrons. The first-order valence-corrected chi connectivity index (χ1v) is 9.33. The molecule has 124 valence electrons. The SMILES string of the molecule is Cc1ccc(S(=O)(=O)N(C)C)cc1NC(=O)CSC(C)(C)C. The molecule has 1 N–H and O–H groups in total. The third kappa shape index (κ3) is 5.30. The maximum Gasteiger partial charge on any atom is 0.242 e. The molecule has 0 fully saturated rings. The van der Waals surface area contributed by atoms with Crippen molar-refractivity contribution >= 4 is 33.4 Å². The molecule has 0 bridgehead atoms. The van der Waals surface area contributed by atoms with E-state index in [1.54, 1.807) is 23.9 Å². The molecule has 1 aromatic carbocycles. The highest BCUT2D eigenvalue weighted by Crippen LogP contribution is 2.25. The Bertz CT molecular complexity index is 647. The van der Waals surface area contributed by atoms with E-state index in [1.807, 2.05) is 27.7 Å². The van der Waals surface area contributed by atoms with Gasteiger partial charge in [0.2, 0.25) is 15.9 Å². The molecule has 0 saturated carbocycles. The molecular weight excluding hydrogens is 320 g/mol. The fourth-order valence-corrected chi connectivity index (χ4v) is 3.14. The Morgan fingerprint density at radius 1 is 1.27 bits per heavy atom. The third-order valence-electron chi connectivity index (χ3n) is 2.90. The van der Waals surface area contributed by atoms with Gasteiger partial charge in [-0.05, 0) is 24.6 Å². The summed E-state index contributed by atoms with van der Waals surface area (Å²) in [7, 11) is -0.551. The van der Waals surface area contributed by atoms with Gasteiger partial charge in [0.05, 0.1) is 10.6 Å². The van der Waals surface area contributed by atoms with Gasteiger partial charge in [0.25, 0.3) is 0 Å². The lowest BCUT2D eigenvalue weighted by atomic mass is 10.2. The van der Waals surface area contributed by atoms with Crippen molar-refractivity contribution in [3.63, 3.8) is 0 Å². The van der Waals surface area contributed by atoms with E-state index in [4.69, 9.17) is 0 Å². The summed E-state index contributed by atoms with van der Waals surface area (Å²) >= 11 is 1.54. The average Bonchev–Trinajstić information content (AvgIpc) is 2.37. The molecule has 0 aromatic heterocycles. The van der Waals surface area contributed by atoms with Crippen LogP contribution in [0.5, 0.6) is 0 Å². The fourth-order valence-electron chi connectivity index (χ4n) is 1.58. The van der Waals surface area contributed by atoms with Crippen LogP contribution in [0.2, 0.25) is 0 Å². The van der Waals surface area contributed by atoms with Crippen LogP contribution < -0.4 is 5.32 Å². The number of nitrogens with one attached hydrogen (secondary N) is 1. The summed E-state index contributed by atoms with van der Waals surface area (Å²) in [5.41, 5.74) is 1.36. The normalized spacial score (nSPS) is 12.5. The Balaban J connectivity index is 2.95. The minimum absolute atomic E-state index is 0.00247. The molecule has 0 unspecified atom stereocenters. The molecule has 5 nitrogen and oxygen atoms in total. The summed E-state index contributed by atoms with van der Waals surface area (Å²) < 4.78 is 25.4. The van der Waals surface area contributed by atoms with E-state index in [0.717, 1.165) is 9.87 Å². The van der Waals surface area contributed by atoms with Crippen molar-refractivity contribution in [1.29, 1.82) is 0 Å². The number of thioether (sulfide) groups is 1. The molecule has 0 atom stereocenters. The van der Waals surface area contributed by atoms with E-state index in [0.29, 0.717) is 11.4 Å². The molecular formula is C15H24N2O3S2. The van der Waals surface area contributed by atoms with E-state index in [2.05, 4.69) is 5.32 Å². The van der Waals surface area contributed by atoms with Gasteiger partial charge in [0.15, 0.2) is 0 Å². The number of amides is 1. The van der Waals surface area contributed by atoms with Gasteiger partial charge >= 0.3 is 0 Å². The van der Waals surface area contributed by atoms with Crippen LogP contribution in [-0.4, -0.2) is 43.2 Å². The molecule has 1 rings (SSSR count). The molecule has 1 aromatic rings. The number of anilines is 1. The topological polar surface area (TPSA) is 66.5 Å². The van der Waals surface area contributed by atoms with Crippen molar-refractivity contribution in [2.45, 2.75) is 37.3 Å². The molecule has 0 saturated heterocycles. The Labute approximate surface area is 137 Å². The molecule has 0 aliphatic rings. The Hall–Kier alpha value is -1.05. The summed E-state index contributed by atoms with van der Waals surface area (Å²) in [4.78, 5) is 12.2. The summed E-state index contributed by atoms with van der Waals surface area (Å²) in [5.74, 6) is 0.190. The lowest BCUT2D eigenvalue weighted by molar-refractivity contribution is -0.113. The zero-order valence-electron chi connectivity index (χ0n) is 13.9. The molecule has 7 heteroatoms. The number of hydrogen-bond donors (Lipinski definition) is 1. The second kappa shape index (κ2) is 7.02. The first kappa shape index (κ1) is 19.0. The molecule has 0 spiro atoms. The van der Waals surface area contributed by atoms with Crippen LogP contribution in [0, 0.1) is 6.92 Å². The highest BCUT2D eigenvalue weighted by molar-refractivity contribution is 8.01. The molecule has 0 aliphatic heterocycles. The molecule has 0 aliphatic carbocycles. The van der Waals surface area contributed by atoms with Crippen LogP contribution in [0.3, 0.4) is 0 Å². The zero-order valence-corrected chi connectivity index (χ0v) is 15.6. The van der Waals surface area contributed by atoms with Crippen molar-refractivity contribution < 1.29 is 13.2 Å². The summed E-state index contributed by atoms with van der Waals surface area (Å²) in [6, 6.07) is 4.75. The van der Waals surface area contributed by atoms with Gasteiger partial charge in [-0.25, -0.2) is 12.7 Å². The number of benzene rings is 1. The Morgan fingerprint density at radius 3 is 2.36 bits per heavy atom. The van der Waals surface area contributed by atoms with Gasteiger partial charge in [-0.3, -0.25) is 4.79 Å². The number of carbonyl (C=O) groups is 1. The third-order valence-corrected chi connectivity index (χ3v) is 5.98. The summed E-state index contributed by atoms with van der Waals surface area (Å²) in [5, 5.41) is 2.79. The van der Waals surface area contributed by atoms with E-state index >= 15 is 0 Å². The van der Waals surface area contributed by atoms with E-state index in [9.17, 15) is 13.2 Å². The van der Waals surface area contributed by atoms with Crippen LogP contribution in [0.1, 0.15) is 26.3 Å². The van der Waals surface area contributed by atoms with Crippen LogP contribution in [0.25, 0.3) is 0 Å². The second-order valence-corrected chi connectivity index (χ2v) is 10.2. The fraction of sp³-hybridized carbons (Fsp3) is 0.533. The first-order valence-electron chi connectivity index (χ1n) is 6.90. The summed E-state index contributed by atoms with van der Waals surface area (Å²) in [6.07, 6.45) is 0. The van der Waals surface area contributed by atoms with Crippen molar-refractivity contribution in [2.75, 3.05) is 25.2 Å². The van der Waals surface area contributed by atoms with Crippen molar-refractivity contribution in [3.05, 3.63) is 23.8 Å². The Morgan fingerprint density at radius 2 is 1.86 bits per heavy atom. The zero-order chi connectivity index (χ0) is 17.1. The number of rotatable bonds is 5. The van der Waals surface area contributed by atoms with Gasteiger partial charge in [-0.1, -0.05) is 26.8 Å². The highest BCUT2D eigenvalue weighted by atomic mass is 32.2. The van der Waals surface area contributed by atoms with Crippen LogP contribution >= 0.6 is 11.8 Å². The lowest BCUT2D eigenvalue weighted by Crippen LogP contribution is -2.23. The predicted molar refractivity (Wildman–Crippen MR) is 92.9 cm³/mol. The van der Waals surface area contributed by atoms with Gasteiger partial charge in [0.1, 0.15) is 0 Å². The molecule has 0 heterocycles.